The Morgan fingerprint density at radius 2 is 2.11 bits per heavy atom. The number of aliphatic carboxylic acids is 1. The Bertz CT molecular complexity index is 263. The Balaban J connectivity index is 4.10. The zero-order valence-electron chi connectivity index (χ0n) is 10.8. The average molecular weight is 278 g/mol. The standard InChI is InChI=1S/C11H22N2O4S/c1-17-6-3-4-8(12)10(14)13-9(11(15)16)5-7-18-2/h8-9H,3-7,12H2,1-2H3,(H,13,14)(H,15,16)/t8?,9-/m1/s1. The molecule has 0 aliphatic rings. The fourth-order valence-electron chi connectivity index (χ4n) is 1.35. The summed E-state index contributed by atoms with van der Waals surface area (Å²) in [5.41, 5.74) is 5.67. The Morgan fingerprint density at radius 1 is 1.44 bits per heavy atom. The highest BCUT2D eigenvalue weighted by Crippen LogP contribution is 2.02. The summed E-state index contributed by atoms with van der Waals surface area (Å²) in [6.45, 7) is 0.538. The van der Waals surface area contributed by atoms with Crippen molar-refractivity contribution in [2.24, 2.45) is 5.73 Å². The van der Waals surface area contributed by atoms with Crippen LogP contribution in [0.1, 0.15) is 19.3 Å². The molecule has 0 aliphatic carbocycles. The van der Waals surface area contributed by atoms with Crippen LogP contribution in [0.5, 0.6) is 0 Å². The van der Waals surface area contributed by atoms with Crippen molar-refractivity contribution in [1.29, 1.82) is 0 Å². The third kappa shape index (κ3) is 7.52. The van der Waals surface area contributed by atoms with Gasteiger partial charge in [-0.15, -0.1) is 0 Å². The molecule has 4 N–H and O–H groups in total. The van der Waals surface area contributed by atoms with Gasteiger partial charge in [0.25, 0.3) is 0 Å². The maximum atomic E-state index is 11.7. The summed E-state index contributed by atoms with van der Waals surface area (Å²) < 4.78 is 4.86. The normalized spacial score (nSPS) is 13.9. The largest absolute Gasteiger partial charge is 0.480 e. The van der Waals surface area contributed by atoms with Gasteiger partial charge in [0.1, 0.15) is 6.04 Å². The number of carbonyl (C=O) groups is 2. The lowest BCUT2D eigenvalue weighted by molar-refractivity contribution is -0.142. The van der Waals surface area contributed by atoms with Gasteiger partial charge in [-0.3, -0.25) is 4.79 Å². The minimum atomic E-state index is -1.03. The van der Waals surface area contributed by atoms with Crippen LogP contribution in [0.15, 0.2) is 0 Å². The molecule has 106 valence electrons. The van der Waals surface area contributed by atoms with E-state index in [2.05, 4.69) is 5.32 Å². The molecular formula is C11H22N2O4S. The van der Waals surface area contributed by atoms with Crippen molar-refractivity contribution in [3.05, 3.63) is 0 Å². The number of carboxylic acids is 1. The van der Waals surface area contributed by atoms with Crippen LogP contribution < -0.4 is 11.1 Å². The predicted octanol–water partition coefficient (Wildman–Crippen LogP) is 0.0628. The van der Waals surface area contributed by atoms with Gasteiger partial charge < -0.3 is 20.9 Å². The molecule has 18 heavy (non-hydrogen) atoms. The smallest absolute Gasteiger partial charge is 0.326 e. The molecule has 0 bridgehead atoms. The molecule has 0 spiro atoms. The van der Waals surface area contributed by atoms with E-state index in [-0.39, 0.29) is 0 Å². The molecule has 1 amide bonds. The van der Waals surface area contributed by atoms with Crippen molar-refractivity contribution < 1.29 is 19.4 Å². The van der Waals surface area contributed by atoms with Crippen molar-refractivity contribution in [3.8, 4) is 0 Å². The quantitative estimate of drug-likeness (QED) is 0.489. The van der Waals surface area contributed by atoms with Crippen LogP contribution in [-0.2, 0) is 14.3 Å². The number of hydrogen-bond acceptors (Lipinski definition) is 5. The molecule has 2 atom stereocenters. The number of hydrogen-bond donors (Lipinski definition) is 3. The van der Waals surface area contributed by atoms with Gasteiger partial charge >= 0.3 is 5.97 Å². The van der Waals surface area contributed by atoms with E-state index in [9.17, 15) is 9.59 Å². The zero-order valence-corrected chi connectivity index (χ0v) is 11.7. The lowest BCUT2D eigenvalue weighted by Crippen LogP contribution is -2.48. The van der Waals surface area contributed by atoms with E-state index in [4.69, 9.17) is 15.6 Å². The van der Waals surface area contributed by atoms with Gasteiger partial charge in [-0.1, -0.05) is 0 Å². The highest BCUT2D eigenvalue weighted by Gasteiger charge is 2.22. The third-order valence-corrected chi connectivity index (χ3v) is 3.07. The number of methoxy groups -OCH3 is 1. The van der Waals surface area contributed by atoms with E-state index in [1.54, 1.807) is 7.11 Å². The third-order valence-electron chi connectivity index (χ3n) is 2.43. The minimum Gasteiger partial charge on any atom is -0.480 e. The molecule has 0 aromatic carbocycles. The number of rotatable bonds is 10. The zero-order chi connectivity index (χ0) is 14.0. The first kappa shape index (κ1) is 17.2. The molecule has 0 saturated heterocycles. The van der Waals surface area contributed by atoms with Crippen LogP contribution in [0.2, 0.25) is 0 Å². The number of amides is 1. The first-order chi connectivity index (χ1) is 8.52. The van der Waals surface area contributed by atoms with Crippen LogP contribution >= 0.6 is 11.8 Å². The van der Waals surface area contributed by atoms with E-state index in [1.807, 2.05) is 6.26 Å². The van der Waals surface area contributed by atoms with Crippen LogP contribution in [0.25, 0.3) is 0 Å². The summed E-state index contributed by atoms with van der Waals surface area (Å²) in [6.07, 6.45) is 3.44. The number of ether oxygens (including phenoxy) is 1. The van der Waals surface area contributed by atoms with Crippen molar-refractivity contribution in [1.82, 2.24) is 5.32 Å². The first-order valence-corrected chi connectivity index (χ1v) is 7.19. The molecule has 0 heterocycles. The average Bonchev–Trinajstić information content (AvgIpc) is 2.33. The molecule has 0 aliphatic heterocycles. The van der Waals surface area contributed by atoms with E-state index in [1.165, 1.54) is 11.8 Å². The molecule has 6 nitrogen and oxygen atoms in total. The Labute approximate surface area is 112 Å². The maximum Gasteiger partial charge on any atom is 0.326 e. The summed E-state index contributed by atoms with van der Waals surface area (Å²) >= 11 is 1.54. The van der Waals surface area contributed by atoms with Crippen molar-refractivity contribution in [3.63, 3.8) is 0 Å². The summed E-state index contributed by atoms with van der Waals surface area (Å²) in [5.74, 6) is -0.767. The SMILES string of the molecule is COCCCC(N)C(=O)N[C@H](CCSC)C(=O)O. The molecule has 0 fully saturated rings. The van der Waals surface area contributed by atoms with Gasteiger partial charge in [0.15, 0.2) is 0 Å². The van der Waals surface area contributed by atoms with Crippen molar-refractivity contribution in [2.75, 3.05) is 25.7 Å². The molecule has 7 heteroatoms. The molecule has 1 unspecified atom stereocenters. The number of nitrogens with two attached hydrogens (primary N) is 1. The molecule has 0 aromatic rings. The van der Waals surface area contributed by atoms with Crippen LogP contribution in [0.3, 0.4) is 0 Å². The molecule has 0 saturated carbocycles. The van der Waals surface area contributed by atoms with Gasteiger partial charge in [-0.05, 0) is 31.3 Å². The maximum absolute atomic E-state index is 11.7. The minimum absolute atomic E-state index is 0.396. The van der Waals surface area contributed by atoms with E-state index in [0.29, 0.717) is 31.6 Å². The lowest BCUT2D eigenvalue weighted by Gasteiger charge is -2.17. The number of thioether (sulfide) groups is 1. The summed E-state index contributed by atoms with van der Waals surface area (Å²) in [7, 11) is 1.58. The highest BCUT2D eigenvalue weighted by atomic mass is 32.2. The summed E-state index contributed by atoms with van der Waals surface area (Å²) in [5, 5.41) is 11.4. The Hall–Kier alpha value is -0.790. The lowest BCUT2D eigenvalue weighted by atomic mass is 10.1. The second-order valence-electron chi connectivity index (χ2n) is 3.92. The van der Waals surface area contributed by atoms with Crippen molar-refractivity contribution in [2.45, 2.75) is 31.3 Å². The van der Waals surface area contributed by atoms with Gasteiger partial charge in [-0.25, -0.2) is 4.79 Å². The van der Waals surface area contributed by atoms with E-state index in [0.717, 1.165) is 0 Å². The second-order valence-corrected chi connectivity index (χ2v) is 4.91. The predicted molar refractivity (Wildman–Crippen MR) is 71.7 cm³/mol. The fourth-order valence-corrected chi connectivity index (χ4v) is 1.82. The second kappa shape index (κ2) is 10.2. The topological polar surface area (TPSA) is 102 Å². The van der Waals surface area contributed by atoms with Gasteiger partial charge in [0.2, 0.25) is 5.91 Å². The molecule has 0 radical (unpaired) electrons. The highest BCUT2D eigenvalue weighted by molar-refractivity contribution is 7.98. The molecule has 0 aromatic heterocycles. The Kier molecular flexibility index (Phi) is 9.72. The number of nitrogens with one attached hydrogen (secondary N) is 1. The van der Waals surface area contributed by atoms with Crippen LogP contribution in [0, 0.1) is 0 Å². The van der Waals surface area contributed by atoms with Gasteiger partial charge in [0.05, 0.1) is 6.04 Å². The van der Waals surface area contributed by atoms with Crippen molar-refractivity contribution >= 4 is 23.6 Å². The molecular weight excluding hydrogens is 256 g/mol. The summed E-state index contributed by atoms with van der Waals surface area (Å²) in [4.78, 5) is 22.6. The van der Waals surface area contributed by atoms with Gasteiger partial charge in [-0.2, -0.15) is 11.8 Å². The van der Waals surface area contributed by atoms with E-state index < -0.39 is 24.0 Å². The number of carboxylic acid groups (broad SMARTS) is 1. The van der Waals surface area contributed by atoms with E-state index >= 15 is 0 Å². The number of carbonyl (C=O) groups excluding carboxylic acids is 1. The molecule has 0 rings (SSSR count). The van der Waals surface area contributed by atoms with Crippen LogP contribution in [-0.4, -0.2) is 54.8 Å². The monoisotopic (exact) mass is 278 g/mol. The summed E-state index contributed by atoms with van der Waals surface area (Å²) in [6, 6.07) is -1.55. The fraction of sp³-hybridized carbons (Fsp3) is 0.818. The van der Waals surface area contributed by atoms with Crippen LogP contribution in [0.4, 0.5) is 0 Å². The van der Waals surface area contributed by atoms with Gasteiger partial charge in [0, 0.05) is 13.7 Å². The first-order valence-electron chi connectivity index (χ1n) is 5.79. The Morgan fingerprint density at radius 3 is 2.61 bits per heavy atom.